The molecule has 0 spiro atoms. The fraction of sp³-hybridized carbons (Fsp3) is 0.286. The van der Waals surface area contributed by atoms with E-state index in [0.29, 0.717) is 25.0 Å². The van der Waals surface area contributed by atoms with Crippen molar-refractivity contribution in [2.45, 2.75) is 38.2 Å². The third-order valence-electron chi connectivity index (χ3n) is 6.66. The molecule has 1 atom stereocenters. The molecule has 3 aromatic rings. The van der Waals surface area contributed by atoms with Crippen LogP contribution < -0.4 is 15.0 Å². The molecule has 0 saturated heterocycles. The Labute approximate surface area is 246 Å². The van der Waals surface area contributed by atoms with Crippen molar-refractivity contribution in [3.63, 3.8) is 0 Å². The lowest BCUT2D eigenvalue weighted by molar-refractivity contribution is -0.228. The molecule has 1 aliphatic rings. The number of alkyl halides is 6. The first-order chi connectivity index (χ1) is 20.0. The van der Waals surface area contributed by atoms with Gasteiger partial charge in [-0.3, -0.25) is 9.59 Å². The van der Waals surface area contributed by atoms with E-state index < -0.39 is 86.0 Å². The summed E-state index contributed by atoms with van der Waals surface area (Å²) in [5, 5.41) is 2.05. The molecular formula is C28H20BrF9N2O3. The van der Waals surface area contributed by atoms with Gasteiger partial charge in [-0.1, -0.05) is 12.1 Å². The van der Waals surface area contributed by atoms with E-state index in [1.54, 1.807) is 0 Å². The van der Waals surface area contributed by atoms with Crippen LogP contribution in [-0.2, 0) is 5.67 Å². The number of ether oxygens (including phenoxy) is 1. The van der Waals surface area contributed by atoms with E-state index in [1.807, 2.05) is 5.32 Å². The van der Waals surface area contributed by atoms with Gasteiger partial charge < -0.3 is 15.0 Å². The van der Waals surface area contributed by atoms with Crippen LogP contribution in [0.3, 0.4) is 0 Å². The number of hydrogen-bond acceptors (Lipinski definition) is 3. The molecule has 230 valence electrons. The lowest BCUT2D eigenvalue weighted by Gasteiger charge is -2.26. The highest BCUT2D eigenvalue weighted by Gasteiger charge is 2.54. The quantitative estimate of drug-likeness (QED) is 0.230. The Bertz CT molecular complexity index is 1540. The highest BCUT2D eigenvalue weighted by atomic mass is 79.9. The third-order valence-corrected chi connectivity index (χ3v) is 7.28. The summed E-state index contributed by atoms with van der Waals surface area (Å²) in [6.07, 6.45) is -4.15. The number of rotatable bonds is 9. The van der Waals surface area contributed by atoms with Gasteiger partial charge in [0.1, 0.15) is 17.2 Å². The van der Waals surface area contributed by atoms with Crippen LogP contribution in [-0.4, -0.2) is 31.1 Å². The summed E-state index contributed by atoms with van der Waals surface area (Å²) in [5.74, 6) is -7.46. The summed E-state index contributed by atoms with van der Waals surface area (Å²) in [7, 11) is 0. The maximum Gasteiger partial charge on any atom is 0.426 e. The van der Waals surface area contributed by atoms with Gasteiger partial charge in [0.15, 0.2) is 11.6 Å². The second kappa shape index (κ2) is 12.1. The minimum atomic E-state index is -5.45. The number of anilines is 2. The monoisotopic (exact) mass is 682 g/mol. The van der Waals surface area contributed by atoms with E-state index in [4.69, 9.17) is 0 Å². The zero-order valence-corrected chi connectivity index (χ0v) is 23.4. The molecule has 0 radical (unpaired) electrons. The van der Waals surface area contributed by atoms with Crippen molar-refractivity contribution >= 4 is 39.1 Å². The molecule has 0 bridgehead atoms. The maximum absolute atomic E-state index is 15.8. The van der Waals surface area contributed by atoms with Gasteiger partial charge in [-0.15, -0.1) is 0 Å². The fourth-order valence-electron chi connectivity index (χ4n) is 4.10. The Balaban J connectivity index is 1.73. The zero-order chi connectivity index (χ0) is 31.9. The molecular weight excluding hydrogens is 663 g/mol. The average molecular weight is 683 g/mol. The number of halogens is 10. The molecule has 1 saturated carbocycles. The average Bonchev–Trinajstić information content (AvgIpc) is 3.72. The maximum atomic E-state index is 15.8. The predicted molar refractivity (Wildman–Crippen MR) is 140 cm³/mol. The van der Waals surface area contributed by atoms with Gasteiger partial charge in [-0.25, -0.2) is 17.6 Å². The van der Waals surface area contributed by atoms with Gasteiger partial charge in [-0.2, -0.15) is 22.0 Å². The molecule has 2 amide bonds. The minimum absolute atomic E-state index is 0.114. The standard InChI is InChI=1S/C28H20BrF9N2O3/c1-27(35,28(36,37)38)14-10-16(29)23(20(11-14)43-26(33)34)39-24(41)15-4-2-7-19(22(15)32)40(12-13-8-9-13)25(42)21-17(30)5-3-6-18(21)31/h2-7,10-11,13,26H,8-9,12H2,1H3,(H,39,41). The van der Waals surface area contributed by atoms with Crippen molar-refractivity contribution in [3.8, 4) is 5.75 Å². The first-order valence-electron chi connectivity index (χ1n) is 12.4. The van der Waals surface area contributed by atoms with Crippen LogP contribution in [0.1, 0.15) is 46.0 Å². The second-order valence-corrected chi connectivity index (χ2v) is 10.6. The van der Waals surface area contributed by atoms with Gasteiger partial charge in [0, 0.05) is 16.6 Å². The Hall–Kier alpha value is -3.75. The summed E-state index contributed by atoms with van der Waals surface area (Å²) in [5.41, 5.74) is -8.07. The SMILES string of the molecule is CC(F)(c1cc(Br)c(NC(=O)c2cccc(N(CC3CC3)C(=O)c3c(F)cccc3F)c2F)c(OC(F)F)c1)C(F)(F)F. The van der Waals surface area contributed by atoms with E-state index in [2.05, 4.69) is 20.7 Å². The Morgan fingerprint density at radius 1 is 1.02 bits per heavy atom. The lowest BCUT2D eigenvalue weighted by atomic mass is 9.96. The second-order valence-electron chi connectivity index (χ2n) is 9.76. The van der Waals surface area contributed by atoms with E-state index in [9.17, 15) is 44.7 Å². The topological polar surface area (TPSA) is 58.6 Å². The highest BCUT2D eigenvalue weighted by Crippen LogP contribution is 2.46. The Kier molecular flexibility index (Phi) is 9.05. The molecule has 0 heterocycles. The third kappa shape index (κ3) is 6.76. The van der Waals surface area contributed by atoms with Crippen LogP contribution in [0.2, 0.25) is 0 Å². The molecule has 1 unspecified atom stereocenters. The summed E-state index contributed by atoms with van der Waals surface area (Å²) < 4.78 is 129. The van der Waals surface area contributed by atoms with Crippen LogP contribution in [0.15, 0.2) is 53.0 Å². The first-order valence-corrected chi connectivity index (χ1v) is 13.2. The van der Waals surface area contributed by atoms with Crippen molar-refractivity contribution in [1.82, 2.24) is 0 Å². The van der Waals surface area contributed by atoms with E-state index >= 15 is 4.39 Å². The van der Waals surface area contributed by atoms with Crippen LogP contribution >= 0.6 is 15.9 Å². The largest absolute Gasteiger partial charge is 0.433 e. The number of nitrogens with zero attached hydrogens (tertiary/aromatic N) is 1. The molecule has 5 nitrogen and oxygen atoms in total. The first kappa shape index (κ1) is 32.2. The summed E-state index contributed by atoms with van der Waals surface area (Å²) in [4.78, 5) is 27.1. The van der Waals surface area contributed by atoms with Crippen molar-refractivity contribution in [2.75, 3.05) is 16.8 Å². The van der Waals surface area contributed by atoms with Crippen molar-refractivity contribution in [2.24, 2.45) is 5.92 Å². The molecule has 0 aromatic heterocycles. The number of hydrogen-bond donors (Lipinski definition) is 1. The fourth-order valence-corrected chi connectivity index (χ4v) is 4.64. The normalized spacial score (nSPS) is 14.8. The van der Waals surface area contributed by atoms with Gasteiger partial charge in [0.2, 0.25) is 5.67 Å². The van der Waals surface area contributed by atoms with E-state index in [-0.39, 0.29) is 19.4 Å². The molecule has 1 aliphatic carbocycles. The summed E-state index contributed by atoms with van der Waals surface area (Å²) in [6.45, 7) is -3.60. The number of amides is 2. The van der Waals surface area contributed by atoms with E-state index in [0.717, 1.165) is 41.3 Å². The van der Waals surface area contributed by atoms with Crippen molar-refractivity contribution in [3.05, 3.63) is 87.1 Å². The lowest BCUT2D eigenvalue weighted by Crippen LogP contribution is -2.35. The van der Waals surface area contributed by atoms with Crippen LogP contribution in [0.5, 0.6) is 5.75 Å². The molecule has 0 aliphatic heterocycles. The molecule has 1 fully saturated rings. The predicted octanol–water partition coefficient (Wildman–Crippen LogP) is 8.52. The Morgan fingerprint density at radius 2 is 1.63 bits per heavy atom. The van der Waals surface area contributed by atoms with Crippen molar-refractivity contribution < 1.29 is 53.8 Å². The Morgan fingerprint density at radius 3 is 2.19 bits per heavy atom. The molecule has 15 heteroatoms. The van der Waals surface area contributed by atoms with Crippen LogP contribution in [0.4, 0.5) is 50.9 Å². The number of benzene rings is 3. The number of carbonyl (C=O) groups excluding carboxylic acids is 2. The van der Waals surface area contributed by atoms with Crippen molar-refractivity contribution in [1.29, 1.82) is 0 Å². The molecule has 43 heavy (non-hydrogen) atoms. The van der Waals surface area contributed by atoms with Gasteiger partial charge >= 0.3 is 12.8 Å². The number of carbonyl (C=O) groups is 2. The minimum Gasteiger partial charge on any atom is -0.433 e. The highest BCUT2D eigenvalue weighted by molar-refractivity contribution is 9.10. The van der Waals surface area contributed by atoms with Crippen LogP contribution in [0.25, 0.3) is 0 Å². The van der Waals surface area contributed by atoms with Gasteiger partial charge in [-0.05, 0) is 78.0 Å². The molecule has 4 rings (SSSR count). The molecule has 1 N–H and O–H groups in total. The van der Waals surface area contributed by atoms with E-state index in [1.165, 1.54) is 0 Å². The van der Waals surface area contributed by atoms with Gasteiger partial charge in [0.25, 0.3) is 11.8 Å². The summed E-state index contributed by atoms with van der Waals surface area (Å²) >= 11 is 2.81. The zero-order valence-electron chi connectivity index (χ0n) is 21.8. The van der Waals surface area contributed by atoms with Gasteiger partial charge in [0.05, 0.1) is 16.9 Å². The number of nitrogens with one attached hydrogen (secondary N) is 1. The summed E-state index contributed by atoms with van der Waals surface area (Å²) in [6, 6.07) is 6.77. The molecule has 3 aromatic carbocycles. The smallest absolute Gasteiger partial charge is 0.426 e. The van der Waals surface area contributed by atoms with Crippen LogP contribution in [0, 0.1) is 23.4 Å².